The van der Waals surface area contributed by atoms with Gasteiger partial charge in [-0.25, -0.2) is 18.2 Å². The third-order valence-corrected chi connectivity index (χ3v) is 9.29. The molecule has 41 heavy (non-hydrogen) atoms. The van der Waals surface area contributed by atoms with E-state index < -0.39 is 21.1 Å². The van der Waals surface area contributed by atoms with Gasteiger partial charge < -0.3 is 14.0 Å². The molecule has 2 heterocycles. The molecule has 5 rings (SSSR count). The Kier molecular flexibility index (Phi) is 7.85. The van der Waals surface area contributed by atoms with Gasteiger partial charge in [0.1, 0.15) is 17.3 Å². The highest BCUT2D eigenvalue weighted by Crippen LogP contribution is 2.31. The number of rotatable bonds is 9. The van der Waals surface area contributed by atoms with Gasteiger partial charge in [0.15, 0.2) is 21.0 Å². The van der Waals surface area contributed by atoms with Gasteiger partial charge in [-0.1, -0.05) is 6.07 Å². The van der Waals surface area contributed by atoms with E-state index in [2.05, 4.69) is 9.97 Å². The lowest BCUT2D eigenvalue weighted by atomic mass is 10.0. The van der Waals surface area contributed by atoms with Crippen LogP contribution < -0.4 is 20.7 Å². The van der Waals surface area contributed by atoms with Gasteiger partial charge in [0.2, 0.25) is 0 Å². The van der Waals surface area contributed by atoms with Gasteiger partial charge in [0.05, 0.1) is 37.7 Å². The number of nitrogens with one attached hydrogen (secondary N) is 1. The molecule has 0 saturated carbocycles. The number of ether oxygens (including phenoxy) is 2. The smallest absolute Gasteiger partial charge is 0.330 e. The maximum atomic E-state index is 13.3. The number of carbonyl (C=O) groups is 1. The summed E-state index contributed by atoms with van der Waals surface area (Å²) in [6.07, 6.45) is 3.94. The minimum atomic E-state index is -3.63. The molecule has 0 radical (unpaired) electrons. The van der Waals surface area contributed by atoms with Crippen LogP contribution in [-0.2, 0) is 47.0 Å². The number of nitrogens with zero attached hydrogens (tertiary/aromatic N) is 3. The van der Waals surface area contributed by atoms with Crippen LogP contribution in [0, 0.1) is 0 Å². The average molecular weight is 581 g/mol. The van der Waals surface area contributed by atoms with Gasteiger partial charge in [-0.2, -0.15) is 0 Å². The topological polar surface area (TPSA) is 142 Å². The maximum Gasteiger partial charge on any atom is 0.330 e. The Bertz CT molecular complexity index is 1870. The fourth-order valence-corrected chi connectivity index (χ4v) is 6.68. The van der Waals surface area contributed by atoms with Gasteiger partial charge in [0, 0.05) is 24.9 Å². The summed E-state index contributed by atoms with van der Waals surface area (Å²) in [6, 6.07) is 8.46. The highest BCUT2D eigenvalue weighted by atomic mass is 32.2. The van der Waals surface area contributed by atoms with Crippen molar-refractivity contribution in [2.24, 2.45) is 0 Å². The number of hydrogen-bond acceptors (Lipinski definition) is 8. The van der Waals surface area contributed by atoms with E-state index in [1.54, 1.807) is 34.9 Å². The second-order valence-electron chi connectivity index (χ2n) is 10.1. The number of hydrogen-bond donors (Lipinski definition) is 1. The van der Waals surface area contributed by atoms with Crippen LogP contribution in [-0.4, -0.2) is 53.3 Å². The maximum absolute atomic E-state index is 13.3. The van der Waals surface area contributed by atoms with E-state index in [-0.39, 0.29) is 35.0 Å². The molecule has 1 aliphatic carbocycles. The summed E-state index contributed by atoms with van der Waals surface area (Å²) < 4.78 is 40.8. The molecule has 0 bridgehead atoms. The summed E-state index contributed by atoms with van der Waals surface area (Å²) >= 11 is 0. The highest BCUT2D eigenvalue weighted by molar-refractivity contribution is 7.91. The Balaban J connectivity index is 1.43. The molecule has 0 unspecified atom stereocenters. The second-order valence-corrected chi connectivity index (χ2v) is 12.2. The van der Waals surface area contributed by atoms with Gasteiger partial charge in [-0.05, 0) is 67.1 Å². The first-order valence-electron chi connectivity index (χ1n) is 13.4. The molecule has 0 amide bonds. The highest BCUT2D eigenvalue weighted by Gasteiger charge is 2.22. The molecule has 1 aliphatic rings. The summed E-state index contributed by atoms with van der Waals surface area (Å²) in [5.74, 6) is 0.908. The predicted molar refractivity (Wildman–Crippen MR) is 153 cm³/mol. The Labute approximate surface area is 236 Å². The zero-order valence-electron chi connectivity index (χ0n) is 23.2. The number of aromatic nitrogens is 4. The zero-order valence-corrected chi connectivity index (χ0v) is 24.0. The lowest BCUT2D eigenvalue weighted by Gasteiger charge is -2.16. The molecular weight excluding hydrogens is 548 g/mol. The first-order chi connectivity index (χ1) is 19.6. The van der Waals surface area contributed by atoms with Crippen LogP contribution in [0.15, 0.2) is 51.1 Å². The normalized spacial score (nSPS) is 13.7. The molecule has 2 aromatic carbocycles. The Morgan fingerprint density at radius 1 is 0.976 bits per heavy atom. The minimum Gasteiger partial charge on any atom is -0.496 e. The lowest BCUT2D eigenvalue weighted by molar-refractivity contribution is -0.118. The fraction of sp³-hybridized carbons (Fsp3) is 0.379. The van der Waals surface area contributed by atoms with E-state index in [9.17, 15) is 22.8 Å². The number of H-pyrrole nitrogens is 1. The molecule has 1 N–H and O–H groups in total. The van der Waals surface area contributed by atoms with Crippen LogP contribution in [0.5, 0.6) is 11.5 Å². The molecule has 12 heteroatoms. The van der Waals surface area contributed by atoms with Crippen LogP contribution in [0.3, 0.4) is 0 Å². The summed E-state index contributed by atoms with van der Waals surface area (Å²) in [6.45, 7) is 2.43. The van der Waals surface area contributed by atoms with Gasteiger partial charge >= 0.3 is 5.69 Å². The number of imidazole rings is 1. The zero-order chi connectivity index (χ0) is 29.3. The van der Waals surface area contributed by atoms with Crippen LogP contribution in [0.2, 0.25) is 0 Å². The van der Waals surface area contributed by atoms with Crippen molar-refractivity contribution in [1.82, 2.24) is 19.1 Å². The number of benzene rings is 2. The number of aryl methyl sites for hydroxylation is 3. The third-order valence-electron chi connectivity index (χ3n) is 7.57. The molecule has 0 fully saturated rings. The fourth-order valence-electron chi connectivity index (χ4n) is 5.36. The number of carbonyl (C=O) groups excluding carboxylic acids is 1. The quantitative estimate of drug-likeness (QED) is 0.298. The molecule has 0 aliphatic heterocycles. The van der Waals surface area contributed by atoms with Crippen molar-refractivity contribution < 1.29 is 22.7 Å². The second kappa shape index (κ2) is 11.4. The Hall–Kier alpha value is -4.19. The standard InChI is InChI=1S/C29H32N4O7S/c1-4-32-17-30-27-26(32)28(35)31-29(36)33(27)16-21-15-24(39-2)20(14-25(21)40-3)10-11-41(37,38)23-9-8-19-12-22(34)7-5-6-18(19)13-23/h8-9,13-15,17H,4-7,10-12,16H2,1-3H3,(H,31,35,36). The molecule has 0 saturated heterocycles. The summed E-state index contributed by atoms with van der Waals surface area (Å²) in [5, 5.41) is 0. The van der Waals surface area contributed by atoms with Crippen LogP contribution >= 0.6 is 0 Å². The summed E-state index contributed by atoms with van der Waals surface area (Å²) in [5.41, 5.74) is 2.47. The summed E-state index contributed by atoms with van der Waals surface area (Å²) in [4.78, 5) is 44.0. The Morgan fingerprint density at radius 2 is 1.71 bits per heavy atom. The number of Topliss-reactive ketones (excluding diaryl/α,β-unsaturated/α-hetero) is 1. The SMILES string of the molecule is CCn1cnc2c1c(=O)[nH]c(=O)n2Cc1cc(OC)c(CCS(=O)(=O)c2ccc3c(c2)CCCC(=O)C3)cc1OC. The van der Waals surface area contributed by atoms with Crippen molar-refractivity contribution >= 4 is 26.8 Å². The number of methoxy groups -OCH3 is 2. The van der Waals surface area contributed by atoms with E-state index >= 15 is 0 Å². The monoisotopic (exact) mass is 580 g/mol. The van der Waals surface area contributed by atoms with Crippen molar-refractivity contribution in [3.8, 4) is 11.5 Å². The molecule has 0 spiro atoms. The molecular formula is C29H32N4O7S. The van der Waals surface area contributed by atoms with Crippen molar-refractivity contribution in [3.63, 3.8) is 0 Å². The van der Waals surface area contributed by atoms with E-state index in [4.69, 9.17) is 9.47 Å². The summed E-state index contributed by atoms with van der Waals surface area (Å²) in [7, 11) is -0.646. The van der Waals surface area contributed by atoms with E-state index in [0.29, 0.717) is 53.9 Å². The lowest BCUT2D eigenvalue weighted by Crippen LogP contribution is -2.31. The molecule has 4 aromatic rings. The van der Waals surface area contributed by atoms with Crippen molar-refractivity contribution in [1.29, 1.82) is 0 Å². The minimum absolute atomic E-state index is 0.0442. The van der Waals surface area contributed by atoms with Crippen LogP contribution in [0.25, 0.3) is 11.2 Å². The molecule has 2 aromatic heterocycles. The first kappa shape index (κ1) is 28.3. The van der Waals surface area contributed by atoms with Crippen molar-refractivity contribution in [2.45, 2.75) is 57.0 Å². The van der Waals surface area contributed by atoms with Gasteiger partial charge in [-0.3, -0.25) is 19.1 Å². The van der Waals surface area contributed by atoms with Gasteiger partial charge in [-0.15, -0.1) is 0 Å². The molecule has 216 valence electrons. The van der Waals surface area contributed by atoms with Crippen molar-refractivity contribution in [3.05, 3.63) is 79.8 Å². The number of sulfone groups is 1. The largest absolute Gasteiger partial charge is 0.496 e. The van der Waals surface area contributed by atoms with E-state index in [1.165, 1.54) is 25.1 Å². The molecule has 11 nitrogen and oxygen atoms in total. The van der Waals surface area contributed by atoms with E-state index in [0.717, 1.165) is 17.5 Å². The van der Waals surface area contributed by atoms with E-state index in [1.807, 2.05) is 6.92 Å². The van der Waals surface area contributed by atoms with Crippen LogP contribution in [0.4, 0.5) is 0 Å². The number of ketones is 1. The van der Waals surface area contributed by atoms with Gasteiger partial charge in [0.25, 0.3) is 5.56 Å². The van der Waals surface area contributed by atoms with Crippen LogP contribution in [0.1, 0.15) is 42.0 Å². The molecule has 0 atom stereocenters. The third kappa shape index (κ3) is 5.56. The van der Waals surface area contributed by atoms with Crippen molar-refractivity contribution in [2.75, 3.05) is 20.0 Å². The predicted octanol–water partition coefficient (Wildman–Crippen LogP) is 2.44. The average Bonchev–Trinajstić information content (AvgIpc) is 3.30. The number of fused-ring (bicyclic) bond motifs is 2. The Morgan fingerprint density at radius 3 is 2.44 bits per heavy atom. The first-order valence-corrected chi connectivity index (χ1v) is 15.1. The number of aromatic amines is 1.